The van der Waals surface area contributed by atoms with Crippen LogP contribution in [0.15, 0.2) is 55.0 Å². The minimum atomic E-state index is 0.0327. The van der Waals surface area contributed by atoms with E-state index in [2.05, 4.69) is 50.0 Å². The van der Waals surface area contributed by atoms with E-state index in [-0.39, 0.29) is 18.5 Å². The second-order valence-electron chi connectivity index (χ2n) is 8.16. The van der Waals surface area contributed by atoms with Crippen molar-refractivity contribution in [1.29, 1.82) is 0 Å². The molecule has 0 saturated carbocycles. The summed E-state index contributed by atoms with van der Waals surface area (Å²) in [6, 6.07) is 11.9. The Morgan fingerprint density at radius 2 is 2.00 bits per heavy atom. The predicted molar refractivity (Wildman–Crippen MR) is 113 cm³/mol. The van der Waals surface area contributed by atoms with E-state index in [4.69, 9.17) is 5.73 Å². The minimum Gasteiger partial charge on any atom is -0.384 e. The fourth-order valence-electron chi connectivity index (χ4n) is 4.92. The summed E-state index contributed by atoms with van der Waals surface area (Å²) in [7, 11) is 0. The van der Waals surface area contributed by atoms with Gasteiger partial charge in [0.2, 0.25) is 11.9 Å². The molecule has 2 saturated heterocycles. The third kappa shape index (κ3) is 3.28. The molecule has 3 aromatic rings. The molecule has 5 rings (SSSR count). The Hall–Kier alpha value is -3.42. The van der Waals surface area contributed by atoms with Gasteiger partial charge in [-0.15, -0.1) is 0 Å². The van der Waals surface area contributed by atoms with Gasteiger partial charge in [-0.3, -0.25) is 9.48 Å². The van der Waals surface area contributed by atoms with Gasteiger partial charge >= 0.3 is 0 Å². The fraction of sp³-hybridized carbons (Fsp3) is 0.364. The molecule has 8 heteroatoms. The summed E-state index contributed by atoms with van der Waals surface area (Å²) in [6.07, 6.45) is 5.23. The maximum atomic E-state index is 13.2. The summed E-state index contributed by atoms with van der Waals surface area (Å²) in [5.74, 6) is 1.93. The van der Waals surface area contributed by atoms with E-state index in [1.807, 2.05) is 18.3 Å². The first-order chi connectivity index (χ1) is 14.6. The zero-order chi connectivity index (χ0) is 20.7. The van der Waals surface area contributed by atoms with Crippen molar-refractivity contribution in [2.24, 2.45) is 11.8 Å². The SMILES string of the molecule is Cc1ccccc1[C@@H]1[C@H]2CN(c3nccc(N)n3)C[C@H]2CN1C(=O)Cn1cccn1. The van der Waals surface area contributed by atoms with Crippen molar-refractivity contribution in [3.05, 3.63) is 66.1 Å². The molecule has 0 bridgehead atoms. The van der Waals surface area contributed by atoms with Gasteiger partial charge in [0.15, 0.2) is 0 Å². The molecule has 0 aliphatic carbocycles. The number of nitrogens with zero attached hydrogens (tertiary/aromatic N) is 6. The molecule has 4 heterocycles. The first-order valence-corrected chi connectivity index (χ1v) is 10.3. The second kappa shape index (κ2) is 7.44. The van der Waals surface area contributed by atoms with Crippen LogP contribution in [-0.4, -0.2) is 50.2 Å². The lowest BCUT2D eigenvalue weighted by Crippen LogP contribution is -2.38. The van der Waals surface area contributed by atoms with Crippen LogP contribution in [0.4, 0.5) is 11.8 Å². The summed E-state index contributed by atoms with van der Waals surface area (Å²) >= 11 is 0. The molecular weight excluding hydrogens is 378 g/mol. The van der Waals surface area contributed by atoms with E-state index in [0.29, 0.717) is 23.6 Å². The molecule has 30 heavy (non-hydrogen) atoms. The monoisotopic (exact) mass is 403 g/mol. The maximum Gasteiger partial charge on any atom is 0.244 e. The molecule has 3 atom stereocenters. The van der Waals surface area contributed by atoms with Gasteiger partial charge in [-0.25, -0.2) is 4.98 Å². The zero-order valence-electron chi connectivity index (χ0n) is 16.9. The average Bonchev–Trinajstić information content (AvgIpc) is 3.44. The van der Waals surface area contributed by atoms with Gasteiger partial charge < -0.3 is 15.5 Å². The molecule has 1 aromatic carbocycles. The number of nitrogens with two attached hydrogens (primary N) is 1. The number of hydrogen-bond donors (Lipinski definition) is 1. The van der Waals surface area contributed by atoms with Gasteiger partial charge in [0.05, 0.1) is 6.04 Å². The van der Waals surface area contributed by atoms with Crippen LogP contribution < -0.4 is 10.6 Å². The van der Waals surface area contributed by atoms with Crippen LogP contribution in [0.2, 0.25) is 0 Å². The van der Waals surface area contributed by atoms with E-state index < -0.39 is 0 Å². The van der Waals surface area contributed by atoms with Gasteiger partial charge in [-0.1, -0.05) is 24.3 Å². The minimum absolute atomic E-state index is 0.0327. The van der Waals surface area contributed by atoms with Crippen molar-refractivity contribution in [2.75, 3.05) is 30.3 Å². The van der Waals surface area contributed by atoms with Crippen molar-refractivity contribution >= 4 is 17.7 Å². The molecule has 0 unspecified atom stereocenters. The van der Waals surface area contributed by atoms with E-state index in [9.17, 15) is 4.79 Å². The van der Waals surface area contributed by atoms with E-state index >= 15 is 0 Å². The lowest BCUT2D eigenvalue weighted by atomic mass is 9.87. The van der Waals surface area contributed by atoms with E-state index in [1.165, 1.54) is 11.1 Å². The number of fused-ring (bicyclic) bond motifs is 1. The molecule has 8 nitrogen and oxygen atoms in total. The van der Waals surface area contributed by atoms with Crippen LogP contribution in [0.25, 0.3) is 0 Å². The highest BCUT2D eigenvalue weighted by molar-refractivity contribution is 5.77. The topological polar surface area (TPSA) is 93.2 Å². The molecule has 0 spiro atoms. The van der Waals surface area contributed by atoms with Crippen LogP contribution >= 0.6 is 0 Å². The fourth-order valence-corrected chi connectivity index (χ4v) is 4.92. The van der Waals surface area contributed by atoms with Crippen molar-refractivity contribution in [1.82, 2.24) is 24.6 Å². The number of anilines is 2. The second-order valence-corrected chi connectivity index (χ2v) is 8.16. The van der Waals surface area contributed by atoms with Crippen LogP contribution in [0.1, 0.15) is 17.2 Å². The number of nitrogen functional groups attached to an aromatic ring is 1. The van der Waals surface area contributed by atoms with Crippen molar-refractivity contribution in [3.63, 3.8) is 0 Å². The summed E-state index contributed by atoms with van der Waals surface area (Å²) in [5, 5.41) is 4.21. The lowest BCUT2D eigenvalue weighted by Gasteiger charge is -2.31. The molecule has 2 aromatic heterocycles. The smallest absolute Gasteiger partial charge is 0.244 e. The molecule has 1 amide bonds. The number of carbonyl (C=O) groups excluding carboxylic acids is 1. The molecule has 2 aliphatic heterocycles. The predicted octanol–water partition coefficient (Wildman–Crippen LogP) is 1.90. The highest BCUT2D eigenvalue weighted by atomic mass is 16.2. The standard InChI is InChI=1S/C22H25N7O/c1-15-5-2-3-6-17(15)21-18-13-27(22-24-9-7-19(23)26-22)11-16(18)12-29(21)20(30)14-28-10-4-8-25-28/h2-10,16,18,21H,11-14H2,1H3,(H2,23,24,26)/t16-,18-,21+/m0/s1. The Morgan fingerprint density at radius 3 is 2.77 bits per heavy atom. The highest BCUT2D eigenvalue weighted by Gasteiger charge is 2.49. The Labute approximate surface area is 175 Å². The zero-order valence-corrected chi connectivity index (χ0v) is 16.9. The summed E-state index contributed by atoms with van der Waals surface area (Å²) in [4.78, 5) is 26.3. The Bertz CT molecular complexity index is 1050. The Kier molecular flexibility index (Phi) is 4.61. The number of rotatable bonds is 4. The third-order valence-corrected chi connectivity index (χ3v) is 6.30. The van der Waals surface area contributed by atoms with Crippen molar-refractivity contribution < 1.29 is 4.79 Å². The van der Waals surface area contributed by atoms with Gasteiger partial charge in [0, 0.05) is 50.1 Å². The van der Waals surface area contributed by atoms with Gasteiger partial charge in [-0.05, 0) is 30.2 Å². The van der Waals surface area contributed by atoms with Gasteiger partial charge in [0.1, 0.15) is 12.4 Å². The molecule has 2 fully saturated rings. The Morgan fingerprint density at radius 1 is 1.13 bits per heavy atom. The third-order valence-electron chi connectivity index (χ3n) is 6.30. The average molecular weight is 403 g/mol. The van der Waals surface area contributed by atoms with Crippen LogP contribution in [0.3, 0.4) is 0 Å². The van der Waals surface area contributed by atoms with Crippen molar-refractivity contribution in [2.45, 2.75) is 19.5 Å². The summed E-state index contributed by atoms with van der Waals surface area (Å²) in [6.45, 7) is 4.73. The number of hydrogen-bond acceptors (Lipinski definition) is 6. The number of aryl methyl sites for hydroxylation is 1. The number of likely N-dealkylation sites (tertiary alicyclic amines) is 1. The quantitative estimate of drug-likeness (QED) is 0.715. The van der Waals surface area contributed by atoms with Gasteiger partial charge in [-0.2, -0.15) is 10.1 Å². The number of carbonyl (C=O) groups is 1. The lowest BCUT2D eigenvalue weighted by molar-refractivity contribution is -0.133. The summed E-state index contributed by atoms with van der Waals surface area (Å²) in [5.41, 5.74) is 8.29. The number of amides is 1. The van der Waals surface area contributed by atoms with Crippen LogP contribution in [0.5, 0.6) is 0 Å². The molecule has 0 radical (unpaired) electrons. The maximum absolute atomic E-state index is 13.2. The van der Waals surface area contributed by atoms with Gasteiger partial charge in [0.25, 0.3) is 0 Å². The normalized spacial score (nSPS) is 23.0. The molecule has 2 N–H and O–H groups in total. The molecule has 2 aliphatic rings. The van der Waals surface area contributed by atoms with Crippen LogP contribution in [0, 0.1) is 18.8 Å². The first-order valence-electron chi connectivity index (χ1n) is 10.3. The first kappa shape index (κ1) is 18.6. The number of benzene rings is 1. The van der Waals surface area contributed by atoms with Crippen LogP contribution in [-0.2, 0) is 11.3 Å². The van der Waals surface area contributed by atoms with E-state index in [0.717, 1.165) is 19.6 Å². The van der Waals surface area contributed by atoms with E-state index in [1.54, 1.807) is 23.1 Å². The highest BCUT2D eigenvalue weighted by Crippen LogP contribution is 2.46. The van der Waals surface area contributed by atoms with Crippen molar-refractivity contribution in [3.8, 4) is 0 Å². The largest absolute Gasteiger partial charge is 0.384 e. The molecule has 154 valence electrons. The summed E-state index contributed by atoms with van der Waals surface area (Å²) < 4.78 is 1.69. The number of aromatic nitrogens is 4. The Balaban J connectivity index is 1.45. The molecular formula is C22H25N7O.